The van der Waals surface area contributed by atoms with Crippen LogP contribution < -0.4 is 0 Å². The maximum Gasteiger partial charge on any atom is 0.146 e. The van der Waals surface area contributed by atoms with Gasteiger partial charge in [-0.2, -0.15) is 0 Å². The Balaban J connectivity index is 2.07. The summed E-state index contributed by atoms with van der Waals surface area (Å²) in [5.74, 6) is 0.608. The van der Waals surface area contributed by atoms with Crippen molar-refractivity contribution in [1.29, 1.82) is 0 Å². The van der Waals surface area contributed by atoms with Gasteiger partial charge in [-0.15, -0.1) is 11.3 Å². The summed E-state index contributed by atoms with van der Waals surface area (Å²) >= 11 is 1.55. The molecule has 1 unspecified atom stereocenters. The van der Waals surface area contributed by atoms with Gasteiger partial charge < -0.3 is 9.52 Å². The first kappa shape index (κ1) is 10.6. The molecular formula is C14H12O2S. The fourth-order valence-electron chi connectivity index (χ4n) is 1.93. The van der Waals surface area contributed by atoms with E-state index in [1.807, 2.05) is 48.7 Å². The molecule has 0 saturated heterocycles. The summed E-state index contributed by atoms with van der Waals surface area (Å²) in [7, 11) is 0. The highest BCUT2D eigenvalue weighted by atomic mass is 32.1. The predicted octanol–water partition coefficient (Wildman–Crippen LogP) is 3.88. The minimum atomic E-state index is -0.664. The molecule has 0 saturated carbocycles. The van der Waals surface area contributed by atoms with Crippen molar-refractivity contribution in [3.63, 3.8) is 0 Å². The van der Waals surface area contributed by atoms with Gasteiger partial charge >= 0.3 is 0 Å². The largest absolute Gasteiger partial charge is 0.458 e. The maximum atomic E-state index is 10.3. The molecule has 2 nitrogen and oxygen atoms in total. The van der Waals surface area contributed by atoms with Crippen LogP contribution in [0.3, 0.4) is 0 Å². The van der Waals surface area contributed by atoms with Crippen molar-refractivity contribution in [1.82, 2.24) is 0 Å². The average molecular weight is 244 g/mol. The summed E-state index contributed by atoms with van der Waals surface area (Å²) in [6.45, 7) is 2.00. The first-order chi connectivity index (χ1) is 8.25. The number of benzene rings is 1. The zero-order chi connectivity index (χ0) is 11.8. The second-order valence-corrected chi connectivity index (χ2v) is 5.00. The normalized spacial score (nSPS) is 13.1. The van der Waals surface area contributed by atoms with Gasteiger partial charge in [-0.25, -0.2) is 0 Å². The van der Waals surface area contributed by atoms with Gasteiger partial charge in [0.2, 0.25) is 0 Å². The summed E-state index contributed by atoms with van der Waals surface area (Å²) in [5, 5.41) is 13.3. The van der Waals surface area contributed by atoms with E-state index in [0.717, 1.165) is 21.4 Å². The van der Waals surface area contributed by atoms with Crippen LogP contribution in [0.25, 0.3) is 11.0 Å². The molecule has 0 spiro atoms. The molecule has 17 heavy (non-hydrogen) atoms. The Hall–Kier alpha value is -1.58. The van der Waals surface area contributed by atoms with E-state index in [4.69, 9.17) is 4.42 Å². The van der Waals surface area contributed by atoms with Gasteiger partial charge in [0.25, 0.3) is 0 Å². The average Bonchev–Trinajstić information content (AvgIpc) is 2.93. The number of fused-ring (bicyclic) bond motifs is 1. The van der Waals surface area contributed by atoms with Gasteiger partial charge in [0.15, 0.2) is 0 Å². The number of aliphatic hydroxyl groups is 1. The van der Waals surface area contributed by atoms with E-state index in [2.05, 4.69) is 0 Å². The van der Waals surface area contributed by atoms with Crippen LogP contribution in [0, 0.1) is 6.92 Å². The van der Waals surface area contributed by atoms with Crippen molar-refractivity contribution in [2.45, 2.75) is 13.0 Å². The summed E-state index contributed by atoms with van der Waals surface area (Å²) in [5.41, 5.74) is 1.92. The fraction of sp³-hybridized carbons (Fsp3) is 0.143. The minimum Gasteiger partial charge on any atom is -0.458 e. The highest BCUT2D eigenvalue weighted by molar-refractivity contribution is 7.10. The number of hydrogen-bond acceptors (Lipinski definition) is 3. The van der Waals surface area contributed by atoms with E-state index in [1.165, 1.54) is 0 Å². The molecule has 0 fully saturated rings. The Kier molecular flexibility index (Phi) is 2.50. The van der Waals surface area contributed by atoms with Gasteiger partial charge in [0, 0.05) is 10.3 Å². The third-order valence-corrected chi connectivity index (χ3v) is 3.94. The molecule has 86 valence electrons. The van der Waals surface area contributed by atoms with E-state index in [0.29, 0.717) is 5.76 Å². The molecule has 0 aliphatic carbocycles. The number of rotatable bonds is 2. The molecule has 3 aromatic rings. The first-order valence-corrected chi connectivity index (χ1v) is 6.34. The molecule has 2 aromatic heterocycles. The quantitative estimate of drug-likeness (QED) is 0.742. The summed E-state index contributed by atoms with van der Waals surface area (Å²) in [4.78, 5) is 0.948. The zero-order valence-electron chi connectivity index (χ0n) is 9.38. The standard InChI is InChI=1S/C14H12O2S/c1-9-6-7-17-14(9)13(15)12-8-10-4-2-3-5-11(10)16-12/h2-8,13,15H,1H3. The first-order valence-electron chi connectivity index (χ1n) is 5.46. The van der Waals surface area contributed by atoms with E-state index in [9.17, 15) is 5.11 Å². The highest BCUT2D eigenvalue weighted by Gasteiger charge is 2.18. The third-order valence-electron chi connectivity index (χ3n) is 2.86. The molecule has 0 amide bonds. The number of para-hydroxylation sites is 1. The van der Waals surface area contributed by atoms with Crippen molar-refractivity contribution in [2.24, 2.45) is 0 Å². The van der Waals surface area contributed by atoms with Gasteiger partial charge in [0.05, 0.1) is 0 Å². The lowest BCUT2D eigenvalue weighted by atomic mass is 10.1. The molecule has 1 N–H and O–H groups in total. The SMILES string of the molecule is Cc1ccsc1C(O)c1cc2ccccc2o1. The van der Waals surface area contributed by atoms with Crippen LogP contribution in [-0.4, -0.2) is 5.11 Å². The number of thiophene rings is 1. The molecule has 0 bridgehead atoms. The third kappa shape index (κ3) is 1.77. The summed E-state index contributed by atoms with van der Waals surface area (Å²) < 4.78 is 5.67. The van der Waals surface area contributed by atoms with Crippen molar-refractivity contribution in [3.05, 3.63) is 58.0 Å². The van der Waals surface area contributed by atoms with E-state index in [1.54, 1.807) is 11.3 Å². The Morgan fingerprint density at radius 2 is 2.06 bits per heavy atom. The lowest BCUT2D eigenvalue weighted by Crippen LogP contribution is -1.96. The molecular weight excluding hydrogens is 232 g/mol. The van der Waals surface area contributed by atoms with Crippen LogP contribution in [0.15, 0.2) is 46.2 Å². The van der Waals surface area contributed by atoms with Crippen LogP contribution in [0.4, 0.5) is 0 Å². The highest BCUT2D eigenvalue weighted by Crippen LogP contribution is 2.32. The molecule has 0 aliphatic rings. The van der Waals surface area contributed by atoms with Crippen molar-refractivity contribution in [3.8, 4) is 0 Å². The van der Waals surface area contributed by atoms with Gasteiger partial charge in [-0.1, -0.05) is 18.2 Å². The van der Waals surface area contributed by atoms with Gasteiger partial charge in [-0.3, -0.25) is 0 Å². The molecule has 1 aromatic carbocycles. The second kappa shape index (κ2) is 4.02. The fourth-order valence-corrected chi connectivity index (χ4v) is 2.85. The molecule has 3 heteroatoms. The van der Waals surface area contributed by atoms with Crippen LogP contribution in [0.1, 0.15) is 22.3 Å². The minimum absolute atomic E-state index is 0.608. The number of furan rings is 1. The Morgan fingerprint density at radius 3 is 2.76 bits per heavy atom. The van der Waals surface area contributed by atoms with E-state index < -0.39 is 6.10 Å². The topological polar surface area (TPSA) is 33.4 Å². The van der Waals surface area contributed by atoms with Crippen LogP contribution in [-0.2, 0) is 0 Å². The Morgan fingerprint density at radius 1 is 1.24 bits per heavy atom. The maximum absolute atomic E-state index is 10.3. The lowest BCUT2D eigenvalue weighted by Gasteiger charge is -2.05. The van der Waals surface area contributed by atoms with Crippen LogP contribution in [0.5, 0.6) is 0 Å². The molecule has 1 atom stereocenters. The van der Waals surface area contributed by atoms with Crippen molar-refractivity contribution in [2.75, 3.05) is 0 Å². The van der Waals surface area contributed by atoms with Crippen LogP contribution >= 0.6 is 11.3 Å². The number of hydrogen-bond donors (Lipinski definition) is 1. The van der Waals surface area contributed by atoms with Crippen molar-refractivity contribution < 1.29 is 9.52 Å². The van der Waals surface area contributed by atoms with Crippen LogP contribution in [0.2, 0.25) is 0 Å². The molecule has 3 rings (SSSR count). The second-order valence-electron chi connectivity index (χ2n) is 4.06. The number of aliphatic hydroxyl groups excluding tert-OH is 1. The molecule has 2 heterocycles. The molecule has 0 aliphatic heterocycles. The lowest BCUT2D eigenvalue weighted by molar-refractivity contribution is 0.195. The van der Waals surface area contributed by atoms with E-state index >= 15 is 0 Å². The van der Waals surface area contributed by atoms with Crippen molar-refractivity contribution >= 4 is 22.3 Å². The number of aryl methyl sites for hydroxylation is 1. The summed E-state index contributed by atoms with van der Waals surface area (Å²) in [6.07, 6.45) is -0.664. The summed E-state index contributed by atoms with van der Waals surface area (Å²) in [6, 6.07) is 11.7. The van der Waals surface area contributed by atoms with Gasteiger partial charge in [0.1, 0.15) is 17.4 Å². The smallest absolute Gasteiger partial charge is 0.146 e. The Bertz CT molecular complexity index is 618. The van der Waals surface area contributed by atoms with Gasteiger partial charge in [-0.05, 0) is 36.1 Å². The van der Waals surface area contributed by atoms with E-state index in [-0.39, 0.29) is 0 Å². The Labute approximate surface area is 103 Å². The monoisotopic (exact) mass is 244 g/mol. The zero-order valence-corrected chi connectivity index (χ0v) is 10.2. The molecule has 0 radical (unpaired) electrons. The predicted molar refractivity (Wildman–Crippen MR) is 69.3 cm³/mol.